The molecule has 2 aromatic rings. The second-order valence-corrected chi connectivity index (χ2v) is 8.70. The van der Waals surface area contributed by atoms with Gasteiger partial charge in [0, 0.05) is 29.0 Å². The van der Waals surface area contributed by atoms with E-state index in [1.807, 2.05) is 38.6 Å². The van der Waals surface area contributed by atoms with Crippen molar-refractivity contribution >= 4 is 17.5 Å². The first-order valence-electron chi connectivity index (χ1n) is 11.0. The largest absolute Gasteiger partial charge is 0.490 e. The summed E-state index contributed by atoms with van der Waals surface area (Å²) in [6, 6.07) is 14.7. The molecule has 30 heavy (non-hydrogen) atoms. The second-order valence-electron chi connectivity index (χ2n) is 7.68. The van der Waals surface area contributed by atoms with Crippen molar-refractivity contribution in [2.75, 3.05) is 19.0 Å². The molecule has 0 fully saturated rings. The molecule has 2 atom stereocenters. The summed E-state index contributed by atoms with van der Waals surface area (Å²) in [5.74, 6) is 2.69. The van der Waals surface area contributed by atoms with Crippen LogP contribution in [0.4, 0.5) is 0 Å². The van der Waals surface area contributed by atoms with E-state index in [-0.39, 0.29) is 11.6 Å². The van der Waals surface area contributed by atoms with Crippen LogP contribution in [0, 0.1) is 0 Å². The zero-order chi connectivity index (χ0) is 21.6. The number of benzene rings is 2. The van der Waals surface area contributed by atoms with Crippen LogP contribution in [0.3, 0.4) is 0 Å². The Labute approximate surface area is 184 Å². The lowest BCUT2D eigenvalue weighted by atomic mass is 9.87. The van der Waals surface area contributed by atoms with Crippen LogP contribution >= 0.6 is 11.8 Å². The van der Waals surface area contributed by atoms with E-state index >= 15 is 0 Å². The van der Waals surface area contributed by atoms with E-state index in [2.05, 4.69) is 48.6 Å². The van der Waals surface area contributed by atoms with Crippen molar-refractivity contribution in [1.29, 1.82) is 0 Å². The Kier molecular flexibility index (Phi) is 7.84. The minimum atomic E-state index is -0.255. The highest BCUT2D eigenvalue weighted by Crippen LogP contribution is 2.45. The van der Waals surface area contributed by atoms with Crippen LogP contribution < -0.4 is 14.8 Å². The summed E-state index contributed by atoms with van der Waals surface area (Å²) in [7, 11) is 0. The van der Waals surface area contributed by atoms with E-state index in [0.29, 0.717) is 31.8 Å². The van der Waals surface area contributed by atoms with Crippen LogP contribution in [0.1, 0.15) is 64.1 Å². The molecule has 0 saturated carbocycles. The number of rotatable bonds is 9. The fourth-order valence-electron chi connectivity index (χ4n) is 3.93. The van der Waals surface area contributed by atoms with Gasteiger partial charge < -0.3 is 9.47 Å². The molecule has 0 aliphatic carbocycles. The first-order chi connectivity index (χ1) is 14.6. The van der Waals surface area contributed by atoms with Crippen molar-refractivity contribution in [3.05, 3.63) is 53.6 Å². The topological polar surface area (TPSA) is 47.6 Å². The van der Waals surface area contributed by atoms with Crippen LogP contribution in [0.15, 0.2) is 47.4 Å². The summed E-state index contributed by atoms with van der Waals surface area (Å²) in [5.41, 5.74) is 2.11. The van der Waals surface area contributed by atoms with E-state index in [1.54, 1.807) is 0 Å². The number of Topliss-reactive ketones (excluding diaryl/α,β-unsaturated/α-hetero) is 1. The van der Waals surface area contributed by atoms with Crippen LogP contribution in [-0.2, 0) is 4.79 Å². The molecular weight excluding hydrogens is 394 g/mol. The molecule has 2 unspecified atom stereocenters. The van der Waals surface area contributed by atoms with Crippen molar-refractivity contribution in [3.8, 4) is 11.5 Å². The number of ether oxygens (including phenoxy) is 2. The van der Waals surface area contributed by atoms with Gasteiger partial charge in [-0.3, -0.25) is 10.1 Å². The van der Waals surface area contributed by atoms with Gasteiger partial charge in [-0.1, -0.05) is 44.2 Å². The third-order valence-corrected chi connectivity index (χ3v) is 7.04. The van der Waals surface area contributed by atoms with Gasteiger partial charge in [0.25, 0.3) is 0 Å². The molecule has 1 heterocycles. The summed E-state index contributed by atoms with van der Waals surface area (Å²) in [6.45, 7) is 9.27. The molecule has 0 amide bonds. The van der Waals surface area contributed by atoms with Crippen molar-refractivity contribution in [2.45, 2.75) is 63.4 Å². The fourth-order valence-corrected chi connectivity index (χ4v) is 5.28. The third-order valence-electron chi connectivity index (χ3n) is 5.68. The Hall–Kier alpha value is -1.98. The van der Waals surface area contributed by atoms with Gasteiger partial charge >= 0.3 is 0 Å². The van der Waals surface area contributed by atoms with Crippen molar-refractivity contribution < 1.29 is 14.3 Å². The number of carbonyl (C=O) groups excluding carboxylic acids is 1. The Morgan fingerprint density at radius 1 is 1.07 bits per heavy atom. The Morgan fingerprint density at radius 2 is 1.73 bits per heavy atom. The lowest BCUT2D eigenvalue weighted by Gasteiger charge is -2.35. The van der Waals surface area contributed by atoms with E-state index in [1.165, 1.54) is 16.0 Å². The maximum Gasteiger partial charge on any atom is 0.162 e. The molecule has 0 aromatic heterocycles. The predicted molar refractivity (Wildman–Crippen MR) is 124 cm³/mol. The number of fused-ring (bicyclic) bond motifs is 1. The van der Waals surface area contributed by atoms with E-state index in [4.69, 9.17) is 9.47 Å². The van der Waals surface area contributed by atoms with E-state index in [9.17, 15) is 4.79 Å². The van der Waals surface area contributed by atoms with Gasteiger partial charge in [0.05, 0.1) is 19.3 Å². The lowest BCUT2D eigenvalue weighted by Crippen LogP contribution is -2.49. The summed E-state index contributed by atoms with van der Waals surface area (Å²) in [6.07, 6.45) is 2.00. The third kappa shape index (κ3) is 5.01. The summed E-state index contributed by atoms with van der Waals surface area (Å²) in [4.78, 5) is 13.6. The number of ketones is 1. The minimum absolute atomic E-state index is 0.0179. The highest BCUT2D eigenvalue weighted by molar-refractivity contribution is 7.99. The van der Waals surface area contributed by atoms with Gasteiger partial charge in [-0.05, 0) is 43.5 Å². The minimum Gasteiger partial charge on any atom is -0.490 e. The van der Waals surface area contributed by atoms with Crippen LogP contribution in [0.5, 0.6) is 11.5 Å². The Morgan fingerprint density at radius 3 is 2.33 bits per heavy atom. The molecule has 5 heteroatoms. The molecule has 1 aliphatic rings. The molecular formula is C25H33NO3S. The van der Waals surface area contributed by atoms with E-state index in [0.717, 1.165) is 23.7 Å². The Balaban J connectivity index is 2.12. The number of hydrogen-bond donors (Lipinski definition) is 1. The summed E-state index contributed by atoms with van der Waals surface area (Å²) in [5, 5.41) is 3.90. The summed E-state index contributed by atoms with van der Waals surface area (Å²) >= 11 is 1.81. The first-order valence-corrected chi connectivity index (χ1v) is 11.9. The van der Waals surface area contributed by atoms with Crippen molar-refractivity contribution in [3.63, 3.8) is 0 Å². The standard InChI is InChI=1S/C25H33NO3S/c1-5-19(27)16-25(6-2)17-30-23-15-22(29-8-4)21(28-7-3)14-20(23)24(26-25)18-12-10-9-11-13-18/h9-15,24,26H,5-8,16-17H2,1-4H3. The predicted octanol–water partition coefficient (Wildman–Crippen LogP) is 5.79. The number of thioether (sulfide) groups is 1. The quantitative estimate of drug-likeness (QED) is 0.549. The molecule has 162 valence electrons. The maximum absolute atomic E-state index is 12.5. The molecule has 1 N–H and O–H groups in total. The lowest BCUT2D eigenvalue weighted by molar-refractivity contribution is -0.120. The van der Waals surface area contributed by atoms with Gasteiger partial charge in [-0.2, -0.15) is 0 Å². The van der Waals surface area contributed by atoms with Gasteiger partial charge in [-0.15, -0.1) is 11.8 Å². The first kappa shape index (κ1) is 22.7. The fraction of sp³-hybridized carbons (Fsp3) is 0.480. The summed E-state index contributed by atoms with van der Waals surface area (Å²) < 4.78 is 11.8. The number of nitrogens with one attached hydrogen (secondary N) is 1. The molecule has 2 aromatic carbocycles. The average Bonchev–Trinajstić information content (AvgIpc) is 2.92. The highest BCUT2D eigenvalue weighted by atomic mass is 32.2. The zero-order valence-electron chi connectivity index (χ0n) is 18.5. The molecule has 0 bridgehead atoms. The average molecular weight is 428 g/mol. The SMILES string of the molecule is CCOc1cc2c(cc1OCC)C(c1ccccc1)NC(CC)(CC(=O)CC)CS2. The van der Waals surface area contributed by atoms with E-state index < -0.39 is 0 Å². The highest BCUT2D eigenvalue weighted by Gasteiger charge is 2.37. The maximum atomic E-state index is 12.5. The molecule has 4 nitrogen and oxygen atoms in total. The molecule has 0 spiro atoms. The van der Waals surface area contributed by atoms with Gasteiger partial charge in [0.1, 0.15) is 5.78 Å². The van der Waals surface area contributed by atoms with Crippen molar-refractivity contribution in [2.24, 2.45) is 0 Å². The zero-order valence-corrected chi connectivity index (χ0v) is 19.3. The number of carbonyl (C=O) groups is 1. The Bertz CT molecular complexity index is 855. The second kappa shape index (κ2) is 10.4. The van der Waals surface area contributed by atoms with Gasteiger partial charge in [0.15, 0.2) is 11.5 Å². The molecule has 0 radical (unpaired) electrons. The normalized spacial score (nSPS) is 20.9. The molecule has 0 saturated heterocycles. The number of hydrogen-bond acceptors (Lipinski definition) is 5. The smallest absolute Gasteiger partial charge is 0.162 e. The van der Waals surface area contributed by atoms with Gasteiger partial charge in [-0.25, -0.2) is 0 Å². The monoisotopic (exact) mass is 427 g/mol. The van der Waals surface area contributed by atoms with Crippen LogP contribution in [0.25, 0.3) is 0 Å². The molecule has 1 aliphatic heterocycles. The van der Waals surface area contributed by atoms with Crippen LogP contribution in [0.2, 0.25) is 0 Å². The van der Waals surface area contributed by atoms with Crippen molar-refractivity contribution in [1.82, 2.24) is 5.32 Å². The van der Waals surface area contributed by atoms with Gasteiger partial charge in [0.2, 0.25) is 0 Å². The van der Waals surface area contributed by atoms with Crippen LogP contribution in [-0.4, -0.2) is 30.3 Å². The molecule has 3 rings (SSSR count).